The number of fused-ring (bicyclic) bond motifs is 1. The van der Waals surface area contributed by atoms with Gasteiger partial charge in [-0.1, -0.05) is 33.6 Å². The highest BCUT2D eigenvalue weighted by molar-refractivity contribution is 9.10. The summed E-state index contributed by atoms with van der Waals surface area (Å²) in [6, 6.07) is 11.8. The highest BCUT2D eigenvalue weighted by Crippen LogP contribution is 2.27. The molecule has 0 amide bonds. The summed E-state index contributed by atoms with van der Waals surface area (Å²) in [5.41, 5.74) is 1.85. The number of hydrogen-bond acceptors (Lipinski definition) is 4. The second-order valence-corrected chi connectivity index (χ2v) is 7.20. The van der Waals surface area contributed by atoms with Gasteiger partial charge in [-0.15, -0.1) is 0 Å². The molecule has 3 aromatic heterocycles. The Morgan fingerprint density at radius 2 is 2.04 bits per heavy atom. The molecule has 4 rings (SSSR count). The van der Waals surface area contributed by atoms with E-state index in [2.05, 4.69) is 36.2 Å². The highest BCUT2D eigenvalue weighted by atomic mass is 79.9. The highest BCUT2D eigenvalue weighted by Gasteiger charge is 2.05. The van der Waals surface area contributed by atoms with Gasteiger partial charge in [-0.05, 0) is 42.8 Å². The van der Waals surface area contributed by atoms with Gasteiger partial charge in [0.15, 0.2) is 0 Å². The van der Waals surface area contributed by atoms with Gasteiger partial charge in [0.1, 0.15) is 17.5 Å². The molecule has 0 radical (unpaired) electrons. The number of aryl methyl sites for hydroxylation is 1. The first-order valence-electron chi connectivity index (χ1n) is 8.05. The van der Waals surface area contributed by atoms with E-state index in [1.54, 1.807) is 6.20 Å². The Hall–Kier alpha value is -2.44. The lowest BCUT2D eigenvalue weighted by Crippen LogP contribution is -2.04. The minimum Gasteiger partial charge on any atom is -0.366 e. The van der Waals surface area contributed by atoms with E-state index in [0.717, 1.165) is 38.4 Å². The molecule has 5 nitrogen and oxygen atoms in total. The first-order chi connectivity index (χ1) is 12.6. The van der Waals surface area contributed by atoms with Gasteiger partial charge in [-0.3, -0.25) is 4.57 Å². The van der Waals surface area contributed by atoms with E-state index in [4.69, 9.17) is 11.6 Å². The number of hydrogen-bond donors (Lipinski definition) is 1. The standard InChI is InChI=1S/C19H15BrClN5/c1-12-22-6-7-26(12)18-5-2-13(11-24-18)10-23-17-4-3-14-8-15(20)9-16(21)19(14)25-17/h2-9,11H,10H2,1H3,(H,23,25). The van der Waals surface area contributed by atoms with Gasteiger partial charge < -0.3 is 5.32 Å². The summed E-state index contributed by atoms with van der Waals surface area (Å²) in [5.74, 6) is 2.54. The van der Waals surface area contributed by atoms with Crippen molar-refractivity contribution >= 4 is 44.3 Å². The number of anilines is 1. The number of rotatable bonds is 4. The lowest BCUT2D eigenvalue weighted by molar-refractivity contribution is 0.925. The van der Waals surface area contributed by atoms with Crippen LogP contribution in [0.3, 0.4) is 0 Å². The van der Waals surface area contributed by atoms with Crippen molar-refractivity contribution in [2.75, 3.05) is 5.32 Å². The first-order valence-corrected chi connectivity index (χ1v) is 9.22. The van der Waals surface area contributed by atoms with Gasteiger partial charge in [0, 0.05) is 35.0 Å². The molecule has 0 aliphatic carbocycles. The number of nitrogens with zero attached hydrogens (tertiary/aromatic N) is 4. The lowest BCUT2D eigenvalue weighted by atomic mass is 10.2. The topological polar surface area (TPSA) is 55.6 Å². The van der Waals surface area contributed by atoms with Gasteiger partial charge >= 0.3 is 0 Å². The van der Waals surface area contributed by atoms with E-state index in [0.29, 0.717) is 11.6 Å². The summed E-state index contributed by atoms with van der Waals surface area (Å²) in [4.78, 5) is 13.3. The Kier molecular flexibility index (Phi) is 4.61. The third-order valence-electron chi connectivity index (χ3n) is 4.07. The lowest BCUT2D eigenvalue weighted by Gasteiger charge is -2.09. The molecule has 0 atom stereocenters. The summed E-state index contributed by atoms with van der Waals surface area (Å²) >= 11 is 9.74. The second-order valence-electron chi connectivity index (χ2n) is 5.88. The molecule has 0 aliphatic rings. The van der Waals surface area contributed by atoms with E-state index < -0.39 is 0 Å². The van der Waals surface area contributed by atoms with Crippen LogP contribution in [-0.4, -0.2) is 19.5 Å². The molecular weight excluding hydrogens is 414 g/mol. The maximum Gasteiger partial charge on any atom is 0.137 e. The van der Waals surface area contributed by atoms with Crippen molar-refractivity contribution < 1.29 is 0 Å². The predicted octanol–water partition coefficient (Wildman–Crippen LogP) is 5.15. The summed E-state index contributed by atoms with van der Waals surface area (Å²) in [6.45, 7) is 2.58. The number of halogens is 2. The molecule has 0 aliphatic heterocycles. The number of pyridine rings is 2. The van der Waals surface area contributed by atoms with Gasteiger partial charge in [0.25, 0.3) is 0 Å². The van der Waals surface area contributed by atoms with Crippen molar-refractivity contribution in [1.29, 1.82) is 0 Å². The smallest absolute Gasteiger partial charge is 0.137 e. The van der Waals surface area contributed by atoms with E-state index >= 15 is 0 Å². The zero-order valence-electron chi connectivity index (χ0n) is 13.9. The molecule has 0 spiro atoms. The minimum absolute atomic E-state index is 0.625. The molecule has 0 unspecified atom stereocenters. The minimum atomic E-state index is 0.625. The van der Waals surface area contributed by atoms with Crippen LogP contribution in [0.15, 0.2) is 59.5 Å². The number of imidazole rings is 1. The van der Waals surface area contributed by atoms with Crippen molar-refractivity contribution in [1.82, 2.24) is 19.5 Å². The Morgan fingerprint density at radius 3 is 2.77 bits per heavy atom. The zero-order valence-corrected chi connectivity index (χ0v) is 16.3. The molecule has 1 N–H and O–H groups in total. The van der Waals surface area contributed by atoms with Gasteiger partial charge in [0.05, 0.1) is 10.5 Å². The fraction of sp³-hybridized carbons (Fsp3) is 0.105. The van der Waals surface area contributed by atoms with Crippen LogP contribution in [0.5, 0.6) is 0 Å². The number of benzene rings is 1. The fourth-order valence-corrected chi connectivity index (χ4v) is 3.61. The first kappa shape index (κ1) is 17.0. The molecule has 26 heavy (non-hydrogen) atoms. The molecule has 0 saturated carbocycles. The number of aromatic nitrogens is 4. The maximum absolute atomic E-state index is 6.29. The maximum atomic E-state index is 6.29. The van der Waals surface area contributed by atoms with Gasteiger partial charge in [0.2, 0.25) is 0 Å². The largest absolute Gasteiger partial charge is 0.366 e. The second kappa shape index (κ2) is 7.05. The Bertz CT molecular complexity index is 1080. The Morgan fingerprint density at radius 1 is 1.15 bits per heavy atom. The quantitative estimate of drug-likeness (QED) is 0.488. The van der Waals surface area contributed by atoms with Crippen LogP contribution in [0.2, 0.25) is 5.02 Å². The molecule has 4 aromatic rings. The van der Waals surface area contributed by atoms with E-state index in [1.807, 2.05) is 60.3 Å². The molecule has 0 saturated heterocycles. The van der Waals surface area contributed by atoms with Crippen LogP contribution in [0.4, 0.5) is 5.82 Å². The van der Waals surface area contributed by atoms with Gasteiger partial charge in [-0.2, -0.15) is 0 Å². The summed E-state index contributed by atoms with van der Waals surface area (Å²) < 4.78 is 2.89. The van der Waals surface area contributed by atoms with E-state index in [1.165, 1.54) is 0 Å². The van der Waals surface area contributed by atoms with Crippen LogP contribution >= 0.6 is 27.5 Å². The monoisotopic (exact) mass is 427 g/mol. The fourth-order valence-electron chi connectivity index (χ4n) is 2.73. The van der Waals surface area contributed by atoms with Crippen molar-refractivity contribution in [3.8, 4) is 5.82 Å². The molecule has 0 fully saturated rings. The molecule has 0 bridgehead atoms. The normalized spacial score (nSPS) is 11.0. The van der Waals surface area contributed by atoms with Crippen LogP contribution in [0, 0.1) is 6.92 Å². The van der Waals surface area contributed by atoms with Crippen molar-refractivity contribution in [2.45, 2.75) is 13.5 Å². The average Bonchev–Trinajstić information content (AvgIpc) is 3.06. The van der Waals surface area contributed by atoms with Crippen LogP contribution in [0.1, 0.15) is 11.4 Å². The molecule has 7 heteroatoms. The van der Waals surface area contributed by atoms with E-state index in [-0.39, 0.29) is 0 Å². The number of nitrogens with one attached hydrogen (secondary N) is 1. The molecule has 3 heterocycles. The summed E-state index contributed by atoms with van der Waals surface area (Å²) in [5, 5.41) is 4.94. The SMILES string of the molecule is Cc1nccn1-c1ccc(CNc2ccc3cc(Br)cc(Cl)c3n2)cn1. The summed E-state index contributed by atoms with van der Waals surface area (Å²) in [6.07, 6.45) is 5.52. The third-order valence-corrected chi connectivity index (χ3v) is 4.81. The van der Waals surface area contributed by atoms with Crippen LogP contribution in [0.25, 0.3) is 16.7 Å². The van der Waals surface area contributed by atoms with Crippen LogP contribution < -0.4 is 5.32 Å². The molecule has 130 valence electrons. The van der Waals surface area contributed by atoms with Crippen molar-refractivity contribution in [3.05, 3.63) is 75.9 Å². The third kappa shape index (κ3) is 3.43. The van der Waals surface area contributed by atoms with Crippen molar-refractivity contribution in [2.24, 2.45) is 0 Å². The average molecular weight is 429 g/mol. The van der Waals surface area contributed by atoms with Crippen LogP contribution in [-0.2, 0) is 6.54 Å². The van der Waals surface area contributed by atoms with E-state index in [9.17, 15) is 0 Å². The molecular formula is C19H15BrClN5. The summed E-state index contributed by atoms with van der Waals surface area (Å²) in [7, 11) is 0. The molecule has 1 aromatic carbocycles. The predicted molar refractivity (Wildman–Crippen MR) is 108 cm³/mol. The Balaban J connectivity index is 1.50. The van der Waals surface area contributed by atoms with Gasteiger partial charge in [-0.25, -0.2) is 15.0 Å². The van der Waals surface area contributed by atoms with Crippen molar-refractivity contribution in [3.63, 3.8) is 0 Å². The zero-order chi connectivity index (χ0) is 18.1. The Labute approximate surface area is 164 Å².